The van der Waals surface area contributed by atoms with Crippen molar-refractivity contribution in [2.75, 3.05) is 6.61 Å². The summed E-state index contributed by atoms with van der Waals surface area (Å²) in [5.74, 6) is 0.913. The molecule has 0 aliphatic carbocycles. The Balaban J connectivity index is 1.77. The van der Waals surface area contributed by atoms with E-state index in [1.807, 2.05) is 18.2 Å². The number of ether oxygens (including phenoxy) is 1. The number of thiocarbonyl (C=S) groups is 1. The van der Waals surface area contributed by atoms with Crippen molar-refractivity contribution in [1.29, 1.82) is 0 Å². The fraction of sp³-hybridized carbons (Fsp3) is 0.263. The summed E-state index contributed by atoms with van der Waals surface area (Å²) in [5.41, 5.74) is 4.59. The minimum absolute atomic E-state index is 0.215. The lowest BCUT2D eigenvalue weighted by Crippen LogP contribution is -2.31. The number of phenolic OH excluding ortho intramolecular Hbond substituents is 1. The van der Waals surface area contributed by atoms with Crippen molar-refractivity contribution in [2.24, 2.45) is 5.10 Å². The smallest absolute Gasteiger partial charge is 0.187 e. The van der Waals surface area contributed by atoms with Crippen LogP contribution in [0.4, 0.5) is 0 Å². The minimum Gasteiger partial charge on any atom is -0.508 e. The van der Waals surface area contributed by atoms with Gasteiger partial charge in [-0.25, -0.2) is 0 Å². The number of hydrogen-bond acceptors (Lipinski definition) is 4. The molecule has 0 aliphatic rings. The maximum Gasteiger partial charge on any atom is 0.187 e. The molecule has 2 rings (SSSR count). The molecule has 2 aromatic rings. The normalized spacial score (nSPS) is 10.7. The molecule has 138 valence electrons. The van der Waals surface area contributed by atoms with Gasteiger partial charge in [0.25, 0.3) is 0 Å². The number of benzene rings is 2. The van der Waals surface area contributed by atoms with Gasteiger partial charge in [0.2, 0.25) is 0 Å². The van der Waals surface area contributed by atoms with Gasteiger partial charge in [-0.2, -0.15) is 5.10 Å². The predicted octanol–water partition coefficient (Wildman–Crippen LogP) is 4.22. The van der Waals surface area contributed by atoms with E-state index in [0.29, 0.717) is 29.0 Å². The van der Waals surface area contributed by atoms with Gasteiger partial charge < -0.3 is 15.2 Å². The number of hydrogen-bond donors (Lipinski definition) is 3. The van der Waals surface area contributed by atoms with E-state index in [1.54, 1.807) is 30.5 Å². The quantitative estimate of drug-likeness (QED) is 0.272. The van der Waals surface area contributed by atoms with Gasteiger partial charge in [-0.1, -0.05) is 31.0 Å². The number of hydrazone groups is 1. The van der Waals surface area contributed by atoms with Gasteiger partial charge in [0.1, 0.15) is 11.5 Å². The van der Waals surface area contributed by atoms with Crippen LogP contribution < -0.4 is 15.5 Å². The highest BCUT2D eigenvalue weighted by Crippen LogP contribution is 2.25. The van der Waals surface area contributed by atoms with Gasteiger partial charge >= 0.3 is 0 Å². The summed E-state index contributed by atoms with van der Waals surface area (Å²) < 4.78 is 5.64. The first-order valence-electron chi connectivity index (χ1n) is 8.35. The molecule has 0 saturated carbocycles. The molecule has 3 N–H and O–H groups in total. The SMILES string of the molecule is CCCCOc1ccc(CNC(=S)N/N=C/c2ccc(O)cc2)cc1Cl. The van der Waals surface area contributed by atoms with Gasteiger partial charge in [0, 0.05) is 6.54 Å². The number of phenols is 1. The van der Waals surface area contributed by atoms with Crippen molar-refractivity contribution < 1.29 is 9.84 Å². The van der Waals surface area contributed by atoms with E-state index >= 15 is 0 Å². The molecule has 0 bridgehead atoms. The maximum atomic E-state index is 9.23. The molecule has 0 unspecified atom stereocenters. The van der Waals surface area contributed by atoms with E-state index in [-0.39, 0.29) is 5.75 Å². The Morgan fingerprint density at radius 1 is 1.27 bits per heavy atom. The zero-order chi connectivity index (χ0) is 18.8. The van der Waals surface area contributed by atoms with Crippen LogP contribution in [0, 0.1) is 0 Å². The molecule has 0 spiro atoms. The fourth-order valence-electron chi connectivity index (χ4n) is 2.05. The molecule has 0 amide bonds. The van der Waals surface area contributed by atoms with E-state index < -0.39 is 0 Å². The third-order valence-corrected chi connectivity index (χ3v) is 4.01. The first-order chi connectivity index (χ1) is 12.6. The van der Waals surface area contributed by atoms with Crippen molar-refractivity contribution in [2.45, 2.75) is 26.3 Å². The van der Waals surface area contributed by atoms with Crippen LogP contribution in [0.3, 0.4) is 0 Å². The second kappa shape index (κ2) is 10.6. The number of nitrogens with zero attached hydrogens (tertiary/aromatic N) is 1. The maximum absolute atomic E-state index is 9.23. The Morgan fingerprint density at radius 2 is 2.04 bits per heavy atom. The predicted molar refractivity (Wildman–Crippen MR) is 110 cm³/mol. The van der Waals surface area contributed by atoms with Crippen LogP contribution in [0.25, 0.3) is 0 Å². The standard InChI is InChI=1S/C19H22ClN3O2S/c1-2-3-10-25-18-9-6-15(11-17(18)20)12-21-19(26)23-22-13-14-4-7-16(24)8-5-14/h4-9,11,13,24H,2-3,10,12H2,1H3,(H2,21,23,26)/b22-13+. The zero-order valence-electron chi connectivity index (χ0n) is 14.5. The summed E-state index contributed by atoms with van der Waals surface area (Å²) in [6.07, 6.45) is 3.70. The first kappa shape index (κ1) is 20.0. The van der Waals surface area contributed by atoms with E-state index in [9.17, 15) is 5.11 Å². The third-order valence-electron chi connectivity index (χ3n) is 3.48. The van der Waals surface area contributed by atoms with Crippen LogP contribution in [0.1, 0.15) is 30.9 Å². The van der Waals surface area contributed by atoms with Gasteiger partial charge in [-0.15, -0.1) is 0 Å². The van der Waals surface area contributed by atoms with Crippen LogP contribution >= 0.6 is 23.8 Å². The van der Waals surface area contributed by atoms with Gasteiger partial charge in [0.05, 0.1) is 17.8 Å². The number of halogens is 1. The van der Waals surface area contributed by atoms with Gasteiger partial charge in [-0.05, 0) is 66.2 Å². The average molecular weight is 392 g/mol. The highest BCUT2D eigenvalue weighted by Gasteiger charge is 2.04. The second-order valence-electron chi connectivity index (χ2n) is 5.61. The molecular weight excluding hydrogens is 370 g/mol. The largest absolute Gasteiger partial charge is 0.508 e. The van der Waals surface area contributed by atoms with Gasteiger partial charge in [-0.3, -0.25) is 5.43 Å². The Morgan fingerprint density at radius 3 is 2.73 bits per heavy atom. The van der Waals surface area contributed by atoms with Crippen LogP contribution in [-0.4, -0.2) is 23.0 Å². The van der Waals surface area contributed by atoms with Crippen molar-refractivity contribution in [3.63, 3.8) is 0 Å². The molecule has 2 aromatic carbocycles. The molecule has 0 atom stereocenters. The van der Waals surface area contributed by atoms with Gasteiger partial charge in [0.15, 0.2) is 5.11 Å². The topological polar surface area (TPSA) is 65.9 Å². The highest BCUT2D eigenvalue weighted by atomic mass is 35.5. The monoisotopic (exact) mass is 391 g/mol. The van der Waals surface area contributed by atoms with Crippen LogP contribution in [0.2, 0.25) is 5.02 Å². The number of nitrogens with one attached hydrogen (secondary N) is 2. The van der Waals surface area contributed by atoms with E-state index in [0.717, 1.165) is 24.0 Å². The van der Waals surface area contributed by atoms with E-state index in [1.165, 1.54) is 0 Å². The lowest BCUT2D eigenvalue weighted by molar-refractivity contribution is 0.309. The molecule has 0 aliphatic heterocycles. The summed E-state index contributed by atoms with van der Waals surface area (Å²) in [4.78, 5) is 0. The lowest BCUT2D eigenvalue weighted by atomic mass is 10.2. The van der Waals surface area contributed by atoms with Crippen molar-refractivity contribution >= 4 is 35.1 Å². The Labute approximate surface area is 164 Å². The summed E-state index contributed by atoms with van der Waals surface area (Å²) >= 11 is 11.4. The summed E-state index contributed by atoms with van der Waals surface area (Å²) in [7, 11) is 0. The summed E-state index contributed by atoms with van der Waals surface area (Å²) in [6, 6.07) is 12.4. The number of unbranched alkanes of at least 4 members (excludes halogenated alkanes) is 1. The molecule has 0 saturated heterocycles. The van der Waals surface area contributed by atoms with Crippen LogP contribution in [0.5, 0.6) is 11.5 Å². The Bertz CT molecular complexity index is 751. The fourth-order valence-corrected chi connectivity index (χ4v) is 2.43. The summed E-state index contributed by atoms with van der Waals surface area (Å²) in [5, 5.41) is 17.3. The van der Waals surface area contributed by atoms with E-state index in [2.05, 4.69) is 22.8 Å². The molecule has 7 heteroatoms. The van der Waals surface area contributed by atoms with Crippen molar-refractivity contribution in [3.8, 4) is 11.5 Å². The van der Waals surface area contributed by atoms with Crippen LogP contribution in [0.15, 0.2) is 47.6 Å². The number of rotatable bonds is 8. The molecule has 26 heavy (non-hydrogen) atoms. The minimum atomic E-state index is 0.215. The summed E-state index contributed by atoms with van der Waals surface area (Å²) in [6.45, 7) is 3.31. The Hall–Kier alpha value is -2.31. The first-order valence-corrected chi connectivity index (χ1v) is 9.14. The molecule has 0 fully saturated rings. The lowest BCUT2D eigenvalue weighted by Gasteiger charge is -2.10. The molecule has 0 aromatic heterocycles. The van der Waals surface area contributed by atoms with Crippen molar-refractivity contribution in [1.82, 2.24) is 10.7 Å². The molecule has 0 radical (unpaired) electrons. The van der Waals surface area contributed by atoms with E-state index in [4.69, 9.17) is 28.6 Å². The zero-order valence-corrected chi connectivity index (χ0v) is 16.1. The molecular formula is C19H22ClN3O2S. The molecule has 5 nitrogen and oxygen atoms in total. The average Bonchev–Trinajstić information content (AvgIpc) is 2.63. The van der Waals surface area contributed by atoms with Crippen LogP contribution in [-0.2, 0) is 6.54 Å². The van der Waals surface area contributed by atoms with Crippen molar-refractivity contribution in [3.05, 3.63) is 58.6 Å². The molecule has 0 heterocycles. The Kier molecular flexibility index (Phi) is 8.18. The second-order valence-corrected chi connectivity index (χ2v) is 6.43. The number of aromatic hydroxyl groups is 1. The third kappa shape index (κ3) is 6.90. The highest BCUT2D eigenvalue weighted by molar-refractivity contribution is 7.80.